The van der Waals surface area contributed by atoms with Gasteiger partial charge in [0.2, 0.25) is 10.0 Å². The number of nitrogens with one attached hydrogen (secondary N) is 1. The lowest BCUT2D eigenvalue weighted by atomic mass is 9.61. The van der Waals surface area contributed by atoms with Gasteiger partial charge in [-0.25, -0.2) is 8.42 Å². The minimum atomic E-state index is -3.24. The standard InChI is InChI=1S/C22H37NO2S/c1-17(2)9-6-7-10-19-13-14-22(4,18(3)15-19)20-11-8-12-21(16-20)23-26(5,24)25/h8,11-12,16-19,23H,6-7,9-10,13-15H2,1-5H3. The zero-order valence-corrected chi connectivity index (χ0v) is 18.0. The third-order valence-corrected chi connectivity index (χ3v) is 6.92. The van der Waals surface area contributed by atoms with Gasteiger partial charge in [0.15, 0.2) is 0 Å². The Labute approximate surface area is 161 Å². The minimum absolute atomic E-state index is 0.129. The average Bonchev–Trinajstić information content (AvgIpc) is 2.53. The molecule has 0 amide bonds. The molecule has 0 aromatic heterocycles. The first-order valence-corrected chi connectivity index (χ1v) is 12.1. The van der Waals surface area contributed by atoms with Crippen LogP contribution in [-0.4, -0.2) is 14.7 Å². The Hall–Kier alpha value is -1.03. The molecular formula is C22H37NO2S. The molecule has 3 atom stereocenters. The summed E-state index contributed by atoms with van der Waals surface area (Å²) in [4.78, 5) is 0. The summed E-state index contributed by atoms with van der Waals surface area (Å²) in [5, 5.41) is 0. The predicted octanol–water partition coefficient (Wildman–Crippen LogP) is 5.97. The second kappa shape index (κ2) is 8.77. The highest BCUT2D eigenvalue weighted by molar-refractivity contribution is 7.92. The molecule has 1 aliphatic carbocycles. The monoisotopic (exact) mass is 379 g/mol. The number of sulfonamides is 1. The third kappa shape index (κ3) is 6.00. The first-order valence-electron chi connectivity index (χ1n) is 10.2. The second-order valence-corrected chi connectivity index (χ2v) is 10.8. The maximum absolute atomic E-state index is 11.5. The van der Waals surface area contributed by atoms with Crippen LogP contribution in [0.2, 0.25) is 0 Å². The van der Waals surface area contributed by atoms with Crippen LogP contribution in [0.15, 0.2) is 24.3 Å². The normalized spacial score (nSPS) is 26.8. The van der Waals surface area contributed by atoms with Gasteiger partial charge < -0.3 is 0 Å². The van der Waals surface area contributed by atoms with E-state index in [0.717, 1.165) is 11.8 Å². The van der Waals surface area contributed by atoms with Crippen molar-refractivity contribution in [3.05, 3.63) is 29.8 Å². The van der Waals surface area contributed by atoms with Gasteiger partial charge in [-0.05, 0) is 60.1 Å². The maximum atomic E-state index is 11.5. The molecule has 26 heavy (non-hydrogen) atoms. The fourth-order valence-corrected chi connectivity index (χ4v) is 5.01. The van der Waals surface area contributed by atoms with E-state index in [0.29, 0.717) is 11.6 Å². The van der Waals surface area contributed by atoms with Crippen molar-refractivity contribution in [2.45, 2.75) is 78.1 Å². The van der Waals surface area contributed by atoms with Crippen LogP contribution in [0.1, 0.15) is 78.2 Å². The molecule has 3 nitrogen and oxygen atoms in total. The van der Waals surface area contributed by atoms with E-state index in [-0.39, 0.29) is 5.41 Å². The summed E-state index contributed by atoms with van der Waals surface area (Å²) in [6, 6.07) is 7.99. The lowest BCUT2D eigenvalue weighted by molar-refractivity contribution is 0.158. The fraction of sp³-hybridized carbons (Fsp3) is 0.727. The van der Waals surface area contributed by atoms with Crippen LogP contribution in [0.5, 0.6) is 0 Å². The highest BCUT2D eigenvalue weighted by Crippen LogP contribution is 2.47. The van der Waals surface area contributed by atoms with Gasteiger partial charge in [-0.15, -0.1) is 0 Å². The van der Waals surface area contributed by atoms with Crippen molar-refractivity contribution < 1.29 is 8.42 Å². The average molecular weight is 380 g/mol. The summed E-state index contributed by atoms with van der Waals surface area (Å²) in [5.41, 5.74) is 2.06. The molecule has 0 radical (unpaired) electrons. The lowest BCUT2D eigenvalue weighted by Crippen LogP contribution is -2.36. The highest BCUT2D eigenvalue weighted by atomic mass is 32.2. The summed E-state index contributed by atoms with van der Waals surface area (Å²) in [5.74, 6) is 2.28. The van der Waals surface area contributed by atoms with Crippen LogP contribution >= 0.6 is 0 Å². The summed E-state index contributed by atoms with van der Waals surface area (Å²) in [7, 11) is -3.24. The number of unbranched alkanes of at least 4 members (excludes halogenated alkanes) is 1. The fourth-order valence-electron chi connectivity index (χ4n) is 4.46. The van der Waals surface area contributed by atoms with E-state index < -0.39 is 10.0 Å². The van der Waals surface area contributed by atoms with Crippen molar-refractivity contribution in [1.82, 2.24) is 0 Å². The quantitative estimate of drug-likeness (QED) is 0.566. The molecule has 0 spiro atoms. The smallest absolute Gasteiger partial charge is 0.229 e. The van der Waals surface area contributed by atoms with E-state index in [4.69, 9.17) is 0 Å². The van der Waals surface area contributed by atoms with Crippen LogP contribution in [0.3, 0.4) is 0 Å². The SMILES string of the molecule is CC(C)CCCCC1CCC(C)(c2cccc(NS(C)(=O)=O)c2)C(C)C1. The molecule has 1 aliphatic rings. The highest BCUT2D eigenvalue weighted by Gasteiger charge is 2.38. The molecule has 0 bridgehead atoms. The number of anilines is 1. The number of hydrogen-bond donors (Lipinski definition) is 1. The van der Waals surface area contributed by atoms with E-state index in [2.05, 4.69) is 38.5 Å². The second-order valence-electron chi connectivity index (χ2n) is 9.09. The molecule has 4 heteroatoms. The van der Waals surface area contributed by atoms with Crippen molar-refractivity contribution in [3.63, 3.8) is 0 Å². The molecule has 0 heterocycles. The van der Waals surface area contributed by atoms with Crippen LogP contribution in [0.4, 0.5) is 5.69 Å². The summed E-state index contributed by atoms with van der Waals surface area (Å²) in [6.45, 7) is 9.34. The van der Waals surface area contributed by atoms with Crippen LogP contribution in [-0.2, 0) is 15.4 Å². The summed E-state index contributed by atoms with van der Waals surface area (Å²) in [6.07, 6.45) is 10.4. The van der Waals surface area contributed by atoms with E-state index in [1.54, 1.807) is 0 Å². The van der Waals surface area contributed by atoms with Crippen LogP contribution in [0.25, 0.3) is 0 Å². The van der Waals surface area contributed by atoms with Gasteiger partial charge in [0.1, 0.15) is 0 Å². The van der Waals surface area contributed by atoms with E-state index in [1.807, 2.05) is 18.2 Å². The Bertz CT molecular complexity index is 683. The largest absolute Gasteiger partial charge is 0.284 e. The van der Waals surface area contributed by atoms with Gasteiger partial charge in [0.05, 0.1) is 6.26 Å². The Kier molecular flexibility index (Phi) is 7.18. The van der Waals surface area contributed by atoms with Crippen LogP contribution < -0.4 is 4.72 Å². The van der Waals surface area contributed by atoms with E-state index >= 15 is 0 Å². The lowest BCUT2D eigenvalue weighted by Gasteiger charge is -2.44. The zero-order valence-electron chi connectivity index (χ0n) is 17.2. The predicted molar refractivity (Wildman–Crippen MR) is 112 cm³/mol. The molecule has 1 aromatic carbocycles. The summed E-state index contributed by atoms with van der Waals surface area (Å²) >= 11 is 0. The van der Waals surface area contributed by atoms with E-state index in [1.165, 1.54) is 56.8 Å². The zero-order chi connectivity index (χ0) is 19.4. The molecule has 1 aromatic rings. The molecule has 0 saturated heterocycles. The molecule has 3 unspecified atom stereocenters. The third-order valence-electron chi connectivity index (χ3n) is 6.32. The van der Waals surface area contributed by atoms with Gasteiger partial charge in [-0.3, -0.25) is 4.72 Å². The van der Waals surface area contributed by atoms with Gasteiger partial charge in [-0.2, -0.15) is 0 Å². The molecular weight excluding hydrogens is 342 g/mol. The molecule has 0 aliphatic heterocycles. The Morgan fingerprint density at radius 2 is 2.00 bits per heavy atom. The molecule has 2 rings (SSSR count). The maximum Gasteiger partial charge on any atom is 0.229 e. The topological polar surface area (TPSA) is 46.2 Å². The Morgan fingerprint density at radius 3 is 2.62 bits per heavy atom. The number of benzene rings is 1. The van der Waals surface area contributed by atoms with Crippen molar-refractivity contribution >= 4 is 15.7 Å². The summed E-state index contributed by atoms with van der Waals surface area (Å²) < 4.78 is 25.7. The van der Waals surface area contributed by atoms with Gasteiger partial charge in [0, 0.05) is 5.69 Å². The van der Waals surface area contributed by atoms with Gasteiger partial charge >= 0.3 is 0 Å². The van der Waals surface area contributed by atoms with Crippen molar-refractivity contribution in [3.8, 4) is 0 Å². The van der Waals surface area contributed by atoms with Gasteiger partial charge in [0.25, 0.3) is 0 Å². The minimum Gasteiger partial charge on any atom is -0.284 e. The first kappa shape index (κ1) is 21.3. The molecule has 1 saturated carbocycles. The van der Waals surface area contributed by atoms with Crippen molar-refractivity contribution in [1.29, 1.82) is 0 Å². The van der Waals surface area contributed by atoms with Crippen molar-refractivity contribution in [2.75, 3.05) is 11.0 Å². The molecule has 1 fully saturated rings. The number of rotatable bonds is 8. The van der Waals surface area contributed by atoms with Crippen molar-refractivity contribution in [2.24, 2.45) is 17.8 Å². The number of hydrogen-bond acceptors (Lipinski definition) is 2. The molecule has 1 N–H and O–H groups in total. The Balaban J connectivity index is 1.99. The van der Waals surface area contributed by atoms with E-state index in [9.17, 15) is 8.42 Å². The Morgan fingerprint density at radius 1 is 1.27 bits per heavy atom. The molecule has 148 valence electrons. The van der Waals surface area contributed by atoms with Gasteiger partial charge in [-0.1, -0.05) is 65.5 Å². The van der Waals surface area contributed by atoms with Crippen LogP contribution in [0, 0.1) is 17.8 Å². The first-order chi connectivity index (χ1) is 12.1.